The van der Waals surface area contributed by atoms with E-state index < -0.39 is 0 Å². The number of aromatic nitrogens is 3. The lowest BCUT2D eigenvalue weighted by atomic mass is 9.92. The zero-order chi connectivity index (χ0) is 22.0. The van der Waals surface area contributed by atoms with Crippen molar-refractivity contribution in [3.05, 3.63) is 65.1 Å². The standard InChI is InChI=1S/C24H30N4O3/c1-24(2,3)21-13-20(26-27-21)23(29)28-10-6-8-17(15-28)22-25-14-19(31-22)12-16-7-5-9-18(11-16)30-4/h5,7,9,11,13-14,17H,6,8,10,12,15H2,1-4H3,(H,26,27)/t17-/m1/s1. The molecular formula is C24H30N4O3. The quantitative estimate of drug-likeness (QED) is 0.662. The van der Waals surface area contributed by atoms with Crippen LogP contribution in [0.2, 0.25) is 0 Å². The normalized spacial score (nSPS) is 17.0. The van der Waals surface area contributed by atoms with Crippen LogP contribution < -0.4 is 4.74 Å². The summed E-state index contributed by atoms with van der Waals surface area (Å²) in [6.07, 6.45) is 4.32. The van der Waals surface area contributed by atoms with E-state index in [1.165, 1.54) is 0 Å². The van der Waals surface area contributed by atoms with Crippen LogP contribution in [0.3, 0.4) is 0 Å². The molecule has 4 rings (SSSR count). The average molecular weight is 423 g/mol. The van der Waals surface area contributed by atoms with Gasteiger partial charge in [0.25, 0.3) is 5.91 Å². The van der Waals surface area contributed by atoms with Gasteiger partial charge in [-0.25, -0.2) is 4.98 Å². The zero-order valence-corrected chi connectivity index (χ0v) is 18.6. The highest BCUT2D eigenvalue weighted by molar-refractivity contribution is 5.92. The number of hydrogen-bond donors (Lipinski definition) is 1. The minimum atomic E-state index is -0.0762. The molecule has 1 saturated heterocycles. The molecule has 164 valence electrons. The number of amides is 1. The number of H-pyrrole nitrogens is 1. The van der Waals surface area contributed by atoms with Gasteiger partial charge in [-0.3, -0.25) is 9.89 Å². The van der Waals surface area contributed by atoms with E-state index in [9.17, 15) is 4.79 Å². The number of nitrogens with zero attached hydrogens (tertiary/aromatic N) is 3. The topological polar surface area (TPSA) is 84.2 Å². The van der Waals surface area contributed by atoms with Gasteiger partial charge in [0.05, 0.1) is 19.2 Å². The van der Waals surface area contributed by atoms with E-state index >= 15 is 0 Å². The predicted octanol–water partition coefficient (Wildman–Crippen LogP) is 4.31. The molecule has 0 unspecified atom stereocenters. The van der Waals surface area contributed by atoms with Crippen LogP contribution >= 0.6 is 0 Å². The lowest BCUT2D eigenvalue weighted by Gasteiger charge is -2.30. The summed E-state index contributed by atoms with van der Waals surface area (Å²) in [5, 5.41) is 7.26. The Morgan fingerprint density at radius 1 is 1.32 bits per heavy atom. The third-order valence-electron chi connectivity index (χ3n) is 5.75. The summed E-state index contributed by atoms with van der Waals surface area (Å²) in [6.45, 7) is 7.60. The summed E-state index contributed by atoms with van der Waals surface area (Å²) in [7, 11) is 1.66. The Morgan fingerprint density at radius 3 is 2.90 bits per heavy atom. The van der Waals surface area contributed by atoms with Crippen LogP contribution in [-0.4, -0.2) is 46.2 Å². The third-order valence-corrected chi connectivity index (χ3v) is 5.75. The first-order valence-corrected chi connectivity index (χ1v) is 10.8. The van der Waals surface area contributed by atoms with Gasteiger partial charge in [-0.15, -0.1) is 0 Å². The average Bonchev–Trinajstić information content (AvgIpc) is 3.43. The van der Waals surface area contributed by atoms with Crippen LogP contribution in [0.25, 0.3) is 0 Å². The second-order valence-electron chi connectivity index (χ2n) is 9.20. The third kappa shape index (κ3) is 4.81. The van der Waals surface area contributed by atoms with Crippen LogP contribution in [-0.2, 0) is 11.8 Å². The molecule has 1 aromatic carbocycles. The summed E-state index contributed by atoms with van der Waals surface area (Å²) in [5.74, 6) is 2.39. The van der Waals surface area contributed by atoms with E-state index in [0.717, 1.165) is 42.2 Å². The molecule has 7 nitrogen and oxygen atoms in total. The SMILES string of the molecule is COc1cccc(Cc2cnc([C@@H]3CCCN(C(=O)c4cc(C(C)(C)C)[nH]n4)C3)o2)c1. The number of benzene rings is 1. The first-order valence-electron chi connectivity index (χ1n) is 10.8. The fraction of sp³-hybridized carbons (Fsp3) is 0.458. The second kappa shape index (κ2) is 8.57. The Balaban J connectivity index is 1.43. The van der Waals surface area contributed by atoms with Gasteiger partial charge < -0.3 is 14.1 Å². The number of methoxy groups -OCH3 is 1. The van der Waals surface area contributed by atoms with Gasteiger partial charge in [0.15, 0.2) is 5.89 Å². The minimum absolute atomic E-state index is 0.0420. The predicted molar refractivity (Wildman–Crippen MR) is 117 cm³/mol. The molecule has 7 heteroatoms. The number of ether oxygens (including phenoxy) is 1. The fourth-order valence-corrected chi connectivity index (χ4v) is 3.92. The maximum Gasteiger partial charge on any atom is 0.274 e. The van der Waals surface area contributed by atoms with Gasteiger partial charge in [0.2, 0.25) is 0 Å². The Labute approximate surface area is 182 Å². The number of hydrogen-bond acceptors (Lipinski definition) is 5. The second-order valence-corrected chi connectivity index (χ2v) is 9.20. The van der Waals surface area contributed by atoms with Crippen molar-refractivity contribution >= 4 is 5.91 Å². The Hall–Kier alpha value is -3.09. The smallest absolute Gasteiger partial charge is 0.274 e. The Kier molecular flexibility index (Phi) is 5.85. The first-order chi connectivity index (χ1) is 14.8. The molecule has 1 aliphatic heterocycles. The van der Waals surface area contributed by atoms with Crippen molar-refractivity contribution in [2.24, 2.45) is 0 Å². The highest BCUT2D eigenvalue weighted by atomic mass is 16.5. The molecule has 0 aliphatic carbocycles. The summed E-state index contributed by atoms with van der Waals surface area (Å²) in [5.41, 5.74) is 2.46. The number of aromatic amines is 1. The van der Waals surface area contributed by atoms with Crippen molar-refractivity contribution in [3.8, 4) is 5.75 Å². The van der Waals surface area contributed by atoms with Gasteiger partial charge in [0.1, 0.15) is 17.2 Å². The number of oxazole rings is 1. The van der Waals surface area contributed by atoms with Crippen molar-refractivity contribution in [2.45, 2.75) is 51.4 Å². The number of carbonyl (C=O) groups is 1. The molecule has 31 heavy (non-hydrogen) atoms. The number of rotatable bonds is 5. The summed E-state index contributed by atoms with van der Waals surface area (Å²) >= 11 is 0. The molecule has 0 spiro atoms. The summed E-state index contributed by atoms with van der Waals surface area (Å²) in [6, 6.07) is 9.80. The zero-order valence-electron chi connectivity index (χ0n) is 18.6. The van der Waals surface area contributed by atoms with Crippen molar-refractivity contribution < 1.29 is 13.9 Å². The van der Waals surface area contributed by atoms with Crippen LogP contribution in [0.15, 0.2) is 40.9 Å². The minimum Gasteiger partial charge on any atom is -0.497 e. The Morgan fingerprint density at radius 2 is 2.16 bits per heavy atom. The van der Waals surface area contributed by atoms with Crippen molar-refractivity contribution in [2.75, 3.05) is 20.2 Å². The molecule has 3 aromatic rings. The molecule has 0 saturated carbocycles. The van der Waals surface area contributed by atoms with E-state index in [4.69, 9.17) is 9.15 Å². The van der Waals surface area contributed by atoms with E-state index in [0.29, 0.717) is 24.6 Å². The van der Waals surface area contributed by atoms with Crippen molar-refractivity contribution in [1.29, 1.82) is 0 Å². The maximum absolute atomic E-state index is 13.0. The van der Waals surface area contributed by atoms with E-state index in [-0.39, 0.29) is 17.2 Å². The van der Waals surface area contributed by atoms with Crippen molar-refractivity contribution in [3.63, 3.8) is 0 Å². The van der Waals surface area contributed by atoms with E-state index in [1.54, 1.807) is 13.3 Å². The number of piperidine rings is 1. The lowest BCUT2D eigenvalue weighted by Crippen LogP contribution is -2.39. The molecule has 1 atom stereocenters. The molecule has 1 amide bonds. The largest absolute Gasteiger partial charge is 0.497 e. The summed E-state index contributed by atoms with van der Waals surface area (Å²) in [4.78, 5) is 19.4. The van der Waals surface area contributed by atoms with Gasteiger partial charge >= 0.3 is 0 Å². The highest BCUT2D eigenvalue weighted by Gasteiger charge is 2.30. The molecule has 1 aliphatic rings. The number of likely N-dealkylation sites (tertiary alicyclic amines) is 1. The van der Waals surface area contributed by atoms with Gasteiger partial charge in [-0.1, -0.05) is 32.9 Å². The lowest BCUT2D eigenvalue weighted by molar-refractivity contribution is 0.0692. The van der Waals surface area contributed by atoms with Crippen LogP contribution in [0.1, 0.15) is 72.9 Å². The summed E-state index contributed by atoms with van der Waals surface area (Å²) < 4.78 is 11.4. The maximum atomic E-state index is 13.0. The molecule has 2 aromatic heterocycles. The Bertz CT molecular complexity index is 1050. The molecule has 1 fully saturated rings. The monoisotopic (exact) mass is 422 g/mol. The van der Waals surface area contributed by atoms with Gasteiger partial charge in [-0.05, 0) is 36.6 Å². The van der Waals surface area contributed by atoms with Crippen molar-refractivity contribution in [1.82, 2.24) is 20.1 Å². The van der Waals surface area contributed by atoms with E-state index in [1.807, 2.05) is 35.2 Å². The van der Waals surface area contributed by atoms with E-state index in [2.05, 4.69) is 36.0 Å². The molecule has 0 bridgehead atoms. The highest BCUT2D eigenvalue weighted by Crippen LogP contribution is 2.29. The first kappa shape index (κ1) is 21.2. The molecule has 1 N–H and O–H groups in total. The number of nitrogens with one attached hydrogen (secondary N) is 1. The fourth-order valence-electron chi connectivity index (χ4n) is 3.92. The van der Waals surface area contributed by atoms with Gasteiger partial charge in [0, 0.05) is 30.6 Å². The molecule has 0 radical (unpaired) electrons. The molecular weight excluding hydrogens is 392 g/mol. The van der Waals surface area contributed by atoms with Gasteiger partial charge in [-0.2, -0.15) is 5.10 Å². The van der Waals surface area contributed by atoms with Crippen LogP contribution in [0, 0.1) is 0 Å². The number of carbonyl (C=O) groups excluding carboxylic acids is 1. The van der Waals surface area contributed by atoms with Crippen LogP contribution in [0.5, 0.6) is 5.75 Å². The van der Waals surface area contributed by atoms with Crippen LogP contribution in [0.4, 0.5) is 0 Å². The molecule has 3 heterocycles.